The third-order valence-corrected chi connectivity index (χ3v) is 3.91. The number of likely N-dealkylation sites (N-methyl/N-ethyl adjacent to an activating group) is 1. The highest BCUT2D eigenvalue weighted by Gasteiger charge is 2.17. The molecule has 0 spiro atoms. The SMILES string of the molecule is COc1ccc(Cl)cc1CC(=O)N[C@H](CN(C)C)c1ccccc1. The van der Waals surface area contributed by atoms with Gasteiger partial charge in [-0.1, -0.05) is 41.9 Å². The molecule has 0 radical (unpaired) electrons. The van der Waals surface area contributed by atoms with Gasteiger partial charge in [0.25, 0.3) is 0 Å². The van der Waals surface area contributed by atoms with Crippen molar-refractivity contribution in [2.45, 2.75) is 12.5 Å². The molecule has 0 aromatic heterocycles. The van der Waals surface area contributed by atoms with Gasteiger partial charge in [-0.3, -0.25) is 4.79 Å². The number of hydrogen-bond acceptors (Lipinski definition) is 3. The van der Waals surface area contributed by atoms with Crippen molar-refractivity contribution in [2.75, 3.05) is 27.7 Å². The number of ether oxygens (including phenoxy) is 1. The van der Waals surface area contributed by atoms with Crippen LogP contribution in [-0.2, 0) is 11.2 Å². The van der Waals surface area contributed by atoms with Gasteiger partial charge < -0.3 is 15.0 Å². The Hall–Kier alpha value is -2.04. The van der Waals surface area contributed by atoms with E-state index in [1.54, 1.807) is 25.3 Å². The highest BCUT2D eigenvalue weighted by Crippen LogP contribution is 2.23. The van der Waals surface area contributed by atoms with Crippen LogP contribution in [0.2, 0.25) is 5.02 Å². The van der Waals surface area contributed by atoms with Crippen LogP contribution in [0.5, 0.6) is 5.75 Å². The lowest BCUT2D eigenvalue weighted by Crippen LogP contribution is -2.36. The number of carbonyl (C=O) groups excluding carboxylic acids is 1. The maximum absolute atomic E-state index is 12.5. The van der Waals surface area contributed by atoms with Gasteiger partial charge in [0.1, 0.15) is 5.75 Å². The standard InChI is InChI=1S/C19H23ClN2O2/c1-22(2)13-17(14-7-5-4-6-8-14)21-19(23)12-15-11-16(20)9-10-18(15)24-3/h4-11,17H,12-13H2,1-3H3,(H,21,23)/t17-/m1/s1. The van der Waals surface area contributed by atoms with E-state index in [0.29, 0.717) is 10.8 Å². The summed E-state index contributed by atoms with van der Waals surface area (Å²) in [5.74, 6) is 0.602. The summed E-state index contributed by atoms with van der Waals surface area (Å²) in [5, 5.41) is 3.69. The topological polar surface area (TPSA) is 41.6 Å². The lowest BCUT2D eigenvalue weighted by Gasteiger charge is -2.23. The van der Waals surface area contributed by atoms with Gasteiger partial charge in [-0.25, -0.2) is 0 Å². The second kappa shape index (κ2) is 8.71. The zero-order valence-electron chi connectivity index (χ0n) is 14.3. The van der Waals surface area contributed by atoms with Crippen molar-refractivity contribution in [1.29, 1.82) is 0 Å². The van der Waals surface area contributed by atoms with Gasteiger partial charge in [0.15, 0.2) is 0 Å². The van der Waals surface area contributed by atoms with Crippen LogP contribution in [0.4, 0.5) is 0 Å². The third kappa shape index (κ3) is 5.25. The Labute approximate surface area is 148 Å². The lowest BCUT2D eigenvalue weighted by atomic mass is 10.1. The van der Waals surface area contributed by atoms with E-state index in [0.717, 1.165) is 17.7 Å². The molecule has 5 heteroatoms. The first-order chi connectivity index (χ1) is 11.5. The van der Waals surface area contributed by atoms with Gasteiger partial charge in [-0.15, -0.1) is 0 Å². The molecular formula is C19H23ClN2O2. The Morgan fingerprint density at radius 2 is 1.92 bits per heavy atom. The highest BCUT2D eigenvalue weighted by atomic mass is 35.5. The molecule has 0 aliphatic carbocycles. The van der Waals surface area contributed by atoms with Gasteiger partial charge in [0.05, 0.1) is 19.6 Å². The average Bonchev–Trinajstić information content (AvgIpc) is 2.55. The predicted octanol–water partition coefficient (Wildman–Crippen LogP) is 3.31. The number of rotatable bonds is 7. The molecule has 1 atom stereocenters. The molecule has 4 nitrogen and oxygen atoms in total. The zero-order valence-corrected chi connectivity index (χ0v) is 15.0. The van der Waals surface area contributed by atoms with Crippen LogP contribution in [-0.4, -0.2) is 38.6 Å². The van der Waals surface area contributed by atoms with Crippen molar-refractivity contribution in [2.24, 2.45) is 0 Å². The molecule has 0 saturated carbocycles. The van der Waals surface area contributed by atoms with E-state index < -0.39 is 0 Å². The number of nitrogens with zero attached hydrogens (tertiary/aromatic N) is 1. The van der Waals surface area contributed by atoms with Gasteiger partial charge in [-0.2, -0.15) is 0 Å². The van der Waals surface area contributed by atoms with Crippen molar-refractivity contribution < 1.29 is 9.53 Å². The van der Waals surface area contributed by atoms with Gasteiger partial charge in [-0.05, 0) is 37.9 Å². The molecule has 24 heavy (non-hydrogen) atoms. The number of carbonyl (C=O) groups is 1. The second-order valence-electron chi connectivity index (χ2n) is 5.93. The fraction of sp³-hybridized carbons (Fsp3) is 0.316. The van der Waals surface area contributed by atoms with E-state index in [1.807, 2.05) is 44.4 Å². The molecule has 0 heterocycles. The smallest absolute Gasteiger partial charge is 0.225 e. The quantitative estimate of drug-likeness (QED) is 0.836. The minimum Gasteiger partial charge on any atom is -0.496 e. The summed E-state index contributed by atoms with van der Waals surface area (Å²) >= 11 is 6.03. The average molecular weight is 347 g/mol. The summed E-state index contributed by atoms with van der Waals surface area (Å²) in [5.41, 5.74) is 1.86. The van der Waals surface area contributed by atoms with Crippen LogP contribution in [0.3, 0.4) is 0 Å². The molecule has 2 aromatic carbocycles. The van der Waals surface area contributed by atoms with Crippen molar-refractivity contribution in [3.8, 4) is 5.75 Å². The molecule has 2 aromatic rings. The summed E-state index contributed by atoms with van der Waals surface area (Å²) in [4.78, 5) is 14.6. The minimum atomic E-state index is -0.0705. The van der Waals surface area contributed by atoms with Crippen LogP contribution >= 0.6 is 11.6 Å². The summed E-state index contributed by atoms with van der Waals surface area (Å²) < 4.78 is 5.31. The summed E-state index contributed by atoms with van der Waals surface area (Å²) in [7, 11) is 5.56. The van der Waals surface area contributed by atoms with E-state index >= 15 is 0 Å². The number of methoxy groups -OCH3 is 1. The van der Waals surface area contributed by atoms with Crippen molar-refractivity contribution in [3.05, 3.63) is 64.7 Å². The molecule has 1 amide bonds. The minimum absolute atomic E-state index is 0.0636. The first kappa shape index (κ1) is 18.3. The Morgan fingerprint density at radius 3 is 2.54 bits per heavy atom. The Morgan fingerprint density at radius 1 is 1.21 bits per heavy atom. The van der Waals surface area contributed by atoms with E-state index in [4.69, 9.17) is 16.3 Å². The van der Waals surface area contributed by atoms with Crippen LogP contribution in [0.1, 0.15) is 17.2 Å². The number of hydrogen-bond donors (Lipinski definition) is 1. The Balaban J connectivity index is 2.12. The fourth-order valence-corrected chi connectivity index (χ4v) is 2.78. The van der Waals surface area contributed by atoms with Crippen LogP contribution in [0.15, 0.2) is 48.5 Å². The lowest BCUT2D eigenvalue weighted by molar-refractivity contribution is -0.121. The monoisotopic (exact) mass is 346 g/mol. The van der Waals surface area contributed by atoms with Crippen molar-refractivity contribution in [3.63, 3.8) is 0 Å². The molecular weight excluding hydrogens is 324 g/mol. The van der Waals surface area contributed by atoms with Gasteiger partial charge >= 0.3 is 0 Å². The Kier molecular flexibility index (Phi) is 6.64. The van der Waals surface area contributed by atoms with E-state index in [1.165, 1.54) is 0 Å². The predicted molar refractivity (Wildman–Crippen MR) is 97.6 cm³/mol. The van der Waals surface area contributed by atoms with Crippen LogP contribution < -0.4 is 10.1 Å². The number of benzene rings is 2. The zero-order chi connectivity index (χ0) is 17.5. The van der Waals surface area contributed by atoms with Crippen molar-refractivity contribution >= 4 is 17.5 Å². The fourth-order valence-electron chi connectivity index (χ4n) is 2.59. The molecule has 0 fully saturated rings. The molecule has 2 rings (SSSR count). The third-order valence-electron chi connectivity index (χ3n) is 3.68. The Bertz CT molecular complexity index is 674. The molecule has 128 valence electrons. The number of amides is 1. The summed E-state index contributed by atoms with van der Waals surface area (Å²) in [6, 6.07) is 15.2. The molecule has 0 aliphatic heterocycles. The van der Waals surface area contributed by atoms with Crippen molar-refractivity contribution in [1.82, 2.24) is 10.2 Å². The summed E-state index contributed by atoms with van der Waals surface area (Å²) in [6.07, 6.45) is 0.223. The van der Waals surface area contributed by atoms with Crippen LogP contribution in [0.25, 0.3) is 0 Å². The number of halogens is 1. The molecule has 0 unspecified atom stereocenters. The van der Waals surface area contributed by atoms with E-state index in [2.05, 4.69) is 10.2 Å². The normalized spacial score (nSPS) is 12.0. The molecule has 1 N–H and O–H groups in total. The second-order valence-corrected chi connectivity index (χ2v) is 6.36. The molecule has 0 bridgehead atoms. The van der Waals surface area contributed by atoms with Gasteiger partial charge in [0, 0.05) is 17.1 Å². The maximum Gasteiger partial charge on any atom is 0.225 e. The largest absolute Gasteiger partial charge is 0.496 e. The van der Waals surface area contributed by atoms with Crippen LogP contribution in [0, 0.1) is 0 Å². The molecule has 0 saturated heterocycles. The van der Waals surface area contributed by atoms with E-state index in [-0.39, 0.29) is 18.4 Å². The molecule has 0 aliphatic rings. The maximum atomic E-state index is 12.5. The highest BCUT2D eigenvalue weighted by molar-refractivity contribution is 6.30. The van der Waals surface area contributed by atoms with Gasteiger partial charge in [0.2, 0.25) is 5.91 Å². The first-order valence-electron chi connectivity index (χ1n) is 7.81. The summed E-state index contributed by atoms with van der Waals surface area (Å²) in [6.45, 7) is 0.725. The number of nitrogens with one attached hydrogen (secondary N) is 1. The van der Waals surface area contributed by atoms with E-state index in [9.17, 15) is 4.79 Å². The first-order valence-corrected chi connectivity index (χ1v) is 8.19.